The van der Waals surface area contributed by atoms with Crippen molar-refractivity contribution in [3.05, 3.63) is 26.6 Å². The van der Waals surface area contributed by atoms with Gasteiger partial charge in [-0.2, -0.15) is 0 Å². The molecule has 30 heavy (non-hydrogen) atoms. The summed E-state index contributed by atoms with van der Waals surface area (Å²) in [4.78, 5) is 39.8. The second-order valence-corrected chi connectivity index (χ2v) is 10.4. The van der Waals surface area contributed by atoms with Gasteiger partial charge in [0.05, 0.1) is 18.0 Å². The molecule has 1 saturated carbocycles. The fraction of sp³-hybridized carbons (Fsp3) is 0.682. The number of hydrogen-bond acceptors (Lipinski definition) is 6. The van der Waals surface area contributed by atoms with Gasteiger partial charge >= 0.3 is 0 Å². The lowest BCUT2D eigenvalue weighted by Gasteiger charge is -2.37. The van der Waals surface area contributed by atoms with Gasteiger partial charge in [-0.3, -0.25) is 19.4 Å². The molecule has 0 spiro atoms. The average molecular weight is 430 g/mol. The molecule has 2 N–H and O–H groups in total. The van der Waals surface area contributed by atoms with E-state index in [-0.39, 0.29) is 17.5 Å². The highest BCUT2D eigenvalue weighted by Gasteiger charge is 2.28. The van der Waals surface area contributed by atoms with Gasteiger partial charge in [0, 0.05) is 37.1 Å². The molecule has 162 valence electrons. The summed E-state index contributed by atoms with van der Waals surface area (Å²) in [5, 5.41) is 3.89. The van der Waals surface area contributed by atoms with Gasteiger partial charge in [-0.1, -0.05) is 6.92 Å². The van der Waals surface area contributed by atoms with Crippen LogP contribution in [0.2, 0.25) is 0 Å². The number of aryl methyl sites for hydroxylation is 1. The van der Waals surface area contributed by atoms with Gasteiger partial charge < -0.3 is 10.3 Å². The smallest absolute Gasteiger partial charge is 0.259 e. The number of amides is 1. The fourth-order valence-electron chi connectivity index (χ4n) is 4.75. The molecule has 8 heteroatoms. The first-order valence-corrected chi connectivity index (χ1v) is 12.1. The van der Waals surface area contributed by atoms with Crippen LogP contribution in [0, 0.1) is 5.92 Å². The third-order valence-corrected chi connectivity index (χ3v) is 7.99. The molecule has 2 unspecified atom stereocenters. The van der Waals surface area contributed by atoms with Gasteiger partial charge in [0.1, 0.15) is 10.7 Å². The average Bonchev–Trinajstić information content (AvgIpc) is 3.45. The zero-order valence-corrected chi connectivity index (χ0v) is 18.7. The molecule has 3 aliphatic rings. The van der Waals surface area contributed by atoms with Crippen LogP contribution in [0.1, 0.15) is 55.4 Å². The molecule has 2 fully saturated rings. The summed E-state index contributed by atoms with van der Waals surface area (Å²) in [6.45, 7) is 8.36. The van der Waals surface area contributed by atoms with Gasteiger partial charge in [0.2, 0.25) is 5.91 Å². The highest BCUT2D eigenvalue weighted by Crippen LogP contribution is 2.36. The fourth-order valence-corrected chi connectivity index (χ4v) is 6.14. The lowest BCUT2D eigenvalue weighted by molar-refractivity contribution is -0.122. The minimum absolute atomic E-state index is 0.0179. The van der Waals surface area contributed by atoms with Crippen molar-refractivity contribution in [1.29, 1.82) is 0 Å². The Hall–Kier alpha value is -1.77. The number of rotatable bonds is 5. The zero-order chi connectivity index (χ0) is 20.8. The first kappa shape index (κ1) is 20.2. The number of aromatic amines is 1. The normalized spacial score (nSPS) is 24.0. The number of carbonyl (C=O) groups is 1. The number of aromatic nitrogens is 2. The van der Waals surface area contributed by atoms with Crippen LogP contribution < -0.4 is 10.9 Å². The monoisotopic (exact) mass is 429 g/mol. The first-order valence-electron chi connectivity index (χ1n) is 11.3. The highest BCUT2D eigenvalue weighted by molar-refractivity contribution is 7.18. The second-order valence-electron chi connectivity index (χ2n) is 9.31. The van der Waals surface area contributed by atoms with Gasteiger partial charge in [-0.05, 0) is 50.5 Å². The Morgan fingerprint density at radius 2 is 2.03 bits per heavy atom. The minimum Gasteiger partial charge on any atom is -0.352 e. The van der Waals surface area contributed by atoms with Crippen molar-refractivity contribution in [1.82, 2.24) is 25.1 Å². The maximum Gasteiger partial charge on any atom is 0.259 e. The number of fused-ring (bicyclic) bond motifs is 3. The Kier molecular flexibility index (Phi) is 5.41. The summed E-state index contributed by atoms with van der Waals surface area (Å²) in [6, 6.07) is 0.477. The van der Waals surface area contributed by atoms with E-state index < -0.39 is 0 Å². The van der Waals surface area contributed by atoms with Crippen molar-refractivity contribution >= 4 is 27.5 Å². The van der Waals surface area contributed by atoms with Crippen molar-refractivity contribution in [3.63, 3.8) is 0 Å². The number of nitrogens with one attached hydrogen (secondary N) is 2. The Morgan fingerprint density at radius 1 is 1.27 bits per heavy atom. The van der Waals surface area contributed by atoms with Crippen LogP contribution in [0.15, 0.2) is 4.79 Å². The van der Waals surface area contributed by atoms with Crippen LogP contribution in [0.4, 0.5) is 0 Å². The molecule has 1 amide bonds. The summed E-state index contributed by atoms with van der Waals surface area (Å²) in [5.41, 5.74) is 1.25. The molecule has 3 heterocycles. The standard InChI is InChI=1S/C22H31N5O2S/c1-13-3-6-16-17(11-13)30-22-19(16)21(29)24-20(25-22)14(2)27-9-7-26(8-10-27)12-18(28)23-15-4-5-15/h13-15H,3-12H2,1-2H3,(H,23,28)(H,24,25,29). The molecule has 0 aromatic carbocycles. The van der Waals surface area contributed by atoms with Crippen LogP contribution >= 0.6 is 11.3 Å². The second kappa shape index (κ2) is 8.05. The van der Waals surface area contributed by atoms with Gasteiger partial charge in [-0.15, -0.1) is 11.3 Å². The predicted octanol–water partition coefficient (Wildman–Crippen LogP) is 2.07. The number of hydrogen-bond donors (Lipinski definition) is 2. The van der Waals surface area contributed by atoms with Crippen LogP contribution in [0.25, 0.3) is 10.2 Å². The largest absolute Gasteiger partial charge is 0.352 e. The van der Waals surface area contributed by atoms with Gasteiger partial charge in [0.15, 0.2) is 0 Å². The zero-order valence-electron chi connectivity index (χ0n) is 17.9. The lowest BCUT2D eigenvalue weighted by atomic mass is 9.89. The molecular weight excluding hydrogens is 398 g/mol. The van der Waals surface area contributed by atoms with Crippen molar-refractivity contribution in [2.75, 3.05) is 32.7 Å². The van der Waals surface area contributed by atoms with Crippen molar-refractivity contribution < 1.29 is 4.79 Å². The summed E-state index contributed by atoms with van der Waals surface area (Å²) in [5.74, 6) is 1.59. The van der Waals surface area contributed by atoms with E-state index in [0.29, 0.717) is 18.5 Å². The van der Waals surface area contributed by atoms with Crippen molar-refractivity contribution in [3.8, 4) is 0 Å². The van der Waals surface area contributed by atoms with Crippen LogP contribution in [0.3, 0.4) is 0 Å². The first-order chi connectivity index (χ1) is 14.5. The number of piperazine rings is 1. The van der Waals surface area contributed by atoms with Crippen LogP contribution in [0.5, 0.6) is 0 Å². The summed E-state index contributed by atoms with van der Waals surface area (Å²) >= 11 is 1.71. The van der Waals surface area contributed by atoms with Gasteiger partial charge in [0.25, 0.3) is 5.56 Å². The molecule has 2 aliphatic carbocycles. The van der Waals surface area contributed by atoms with E-state index in [1.807, 2.05) is 0 Å². The predicted molar refractivity (Wildman–Crippen MR) is 119 cm³/mol. The Bertz CT molecular complexity index is 1000. The van der Waals surface area contributed by atoms with E-state index in [2.05, 4.69) is 33.9 Å². The maximum absolute atomic E-state index is 12.9. The summed E-state index contributed by atoms with van der Waals surface area (Å²) in [6.07, 6.45) is 5.46. The molecule has 0 bridgehead atoms. The van der Waals surface area contributed by atoms with E-state index in [9.17, 15) is 9.59 Å². The van der Waals surface area contributed by atoms with E-state index >= 15 is 0 Å². The van der Waals surface area contributed by atoms with E-state index in [0.717, 1.165) is 74.3 Å². The van der Waals surface area contributed by atoms with E-state index in [1.54, 1.807) is 11.3 Å². The van der Waals surface area contributed by atoms with Crippen LogP contribution in [-0.2, 0) is 17.6 Å². The number of nitrogens with zero attached hydrogens (tertiary/aromatic N) is 3. The summed E-state index contributed by atoms with van der Waals surface area (Å²) < 4.78 is 0. The molecule has 1 aliphatic heterocycles. The molecular formula is C22H31N5O2S. The third-order valence-electron chi connectivity index (χ3n) is 6.84. The number of thiophene rings is 1. The Balaban J connectivity index is 1.26. The number of H-pyrrole nitrogens is 1. The molecule has 2 aromatic heterocycles. The molecule has 1 saturated heterocycles. The third kappa shape index (κ3) is 4.05. The molecule has 7 nitrogen and oxygen atoms in total. The Labute approximate surface area is 180 Å². The SMILES string of the molecule is CC1CCc2c(sc3nc(C(C)N4CCN(CC(=O)NC5CC5)CC4)[nH]c(=O)c23)C1. The Morgan fingerprint density at radius 3 is 2.77 bits per heavy atom. The topological polar surface area (TPSA) is 81.3 Å². The van der Waals surface area contributed by atoms with Gasteiger partial charge in [-0.25, -0.2) is 4.98 Å². The number of carbonyl (C=O) groups excluding carboxylic acids is 1. The molecule has 0 radical (unpaired) electrons. The highest BCUT2D eigenvalue weighted by atomic mass is 32.1. The van der Waals surface area contributed by atoms with Crippen molar-refractivity contribution in [2.24, 2.45) is 5.92 Å². The quantitative estimate of drug-likeness (QED) is 0.761. The summed E-state index contributed by atoms with van der Waals surface area (Å²) in [7, 11) is 0. The van der Waals surface area contributed by atoms with Crippen LogP contribution in [-0.4, -0.2) is 64.4 Å². The van der Waals surface area contributed by atoms with E-state index in [4.69, 9.17) is 4.98 Å². The minimum atomic E-state index is 0.0179. The molecule has 2 aromatic rings. The molecule has 5 rings (SSSR count). The lowest BCUT2D eigenvalue weighted by Crippen LogP contribution is -2.50. The molecule has 2 atom stereocenters. The maximum atomic E-state index is 12.9. The van der Waals surface area contributed by atoms with Crippen molar-refractivity contribution in [2.45, 2.75) is 58.0 Å². The van der Waals surface area contributed by atoms with E-state index in [1.165, 1.54) is 10.4 Å².